The number of nitrogens with zero attached hydrogens (tertiary/aromatic N) is 2. The Balaban J connectivity index is 0.000000269. The summed E-state index contributed by atoms with van der Waals surface area (Å²) in [6.07, 6.45) is 8.03. The van der Waals surface area contributed by atoms with E-state index in [1.54, 1.807) is 7.05 Å². The molecule has 1 amide bonds. The van der Waals surface area contributed by atoms with Crippen LogP contribution in [0.3, 0.4) is 0 Å². The maximum absolute atomic E-state index is 12.0. The van der Waals surface area contributed by atoms with Crippen LogP contribution in [-0.4, -0.2) is 41.9 Å². The molecule has 2 unspecified atom stereocenters. The molecule has 8 heteroatoms. The number of halogens is 1. The van der Waals surface area contributed by atoms with Crippen LogP contribution in [0.15, 0.2) is 15.5 Å². The maximum atomic E-state index is 12.0. The minimum absolute atomic E-state index is 0.0753. The van der Waals surface area contributed by atoms with E-state index in [1.165, 1.54) is 25.5 Å². The van der Waals surface area contributed by atoms with Gasteiger partial charge in [-0.2, -0.15) is 5.10 Å². The SMILES string of the molecule is CC1CC[C@H](C)C(C)(C)C1.CNc1cnn(CC(=O)NCC2CCCN2)c(=O)c1Br. The first kappa shape index (κ1) is 24.9. The highest BCUT2D eigenvalue weighted by Crippen LogP contribution is 2.42. The molecule has 0 radical (unpaired) electrons. The van der Waals surface area contributed by atoms with Crippen molar-refractivity contribution >= 4 is 27.5 Å². The molecule has 0 bridgehead atoms. The second-order valence-electron chi connectivity index (χ2n) is 9.46. The van der Waals surface area contributed by atoms with Gasteiger partial charge in [0.25, 0.3) is 5.56 Å². The molecule has 1 aliphatic carbocycles. The summed E-state index contributed by atoms with van der Waals surface area (Å²) in [5, 5.41) is 12.9. The summed E-state index contributed by atoms with van der Waals surface area (Å²) < 4.78 is 1.52. The van der Waals surface area contributed by atoms with Crippen molar-refractivity contribution in [2.24, 2.45) is 17.3 Å². The van der Waals surface area contributed by atoms with Crippen LogP contribution in [0.1, 0.15) is 59.8 Å². The van der Waals surface area contributed by atoms with E-state index in [9.17, 15) is 9.59 Å². The Morgan fingerprint density at radius 1 is 1.33 bits per heavy atom. The molecule has 0 aromatic carbocycles. The molecule has 2 aliphatic rings. The minimum atomic E-state index is -0.328. The van der Waals surface area contributed by atoms with Gasteiger partial charge in [-0.15, -0.1) is 0 Å². The number of amides is 1. The van der Waals surface area contributed by atoms with Gasteiger partial charge in [-0.1, -0.05) is 34.1 Å². The lowest BCUT2D eigenvalue weighted by Crippen LogP contribution is -2.40. The Kier molecular flexibility index (Phi) is 9.34. The lowest BCUT2D eigenvalue weighted by Gasteiger charge is -2.39. The van der Waals surface area contributed by atoms with Crippen LogP contribution in [0.4, 0.5) is 5.69 Å². The third-order valence-corrected chi connectivity index (χ3v) is 7.32. The molecule has 3 N–H and O–H groups in total. The number of hydrogen-bond donors (Lipinski definition) is 3. The van der Waals surface area contributed by atoms with Gasteiger partial charge >= 0.3 is 0 Å². The summed E-state index contributed by atoms with van der Waals surface area (Å²) in [7, 11) is 1.70. The number of hydrogen-bond acceptors (Lipinski definition) is 5. The molecule has 1 aromatic rings. The van der Waals surface area contributed by atoms with Gasteiger partial charge < -0.3 is 16.0 Å². The van der Waals surface area contributed by atoms with Gasteiger partial charge in [0.1, 0.15) is 11.0 Å². The molecule has 1 aliphatic heterocycles. The predicted molar refractivity (Wildman–Crippen MR) is 126 cm³/mol. The zero-order valence-electron chi connectivity index (χ0n) is 19.1. The summed E-state index contributed by atoms with van der Waals surface area (Å²) in [5.74, 6) is 1.69. The van der Waals surface area contributed by atoms with Crippen LogP contribution in [0.2, 0.25) is 0 Å². The normalized spacial score (nSPS) is 25.2. The van der Waals surface area contributed by atoms with Gasteiger partial charge in [0.2, 0.25) is 5.91 Å². The number of aromatic nitrogens is 2. The number of carbonyl (C=O) groups excluding carboxylic acids is 1. The van der Waals surface area contributed by atoms with Crippen molar-refractivity contribution in [3.05, 3.63) is 21.0 Å². The van der Waals surface area contributed by atoms with Crippen molar-refractivity contribution < 1.29 is 4.79 Å². The van der Waals surface area contributed by atoms with E-state index in [0.29, 0.717) is 28.2 Å². The van der Waals surface area contributed by atoms with Crippen LogP contribution in [0.5, 0.6) is 0 Å². The van der Waals surface area contributed by atoms with Crippen LogP contribution < -0.4 is 21.5 Å². The molecular formula is C22H38BrN5O2. The molecule has 3 atom stereocenters. The molecule has 1 saturated carbocycles. The van der Waals surface area contributed by atoms with E-state index >= 15 is 0 Å². The van der Waals surface area contributed by atoms with Crippen molar-refractivity contribution in [3.63, 3.8) is 0 Å². The molecule has 3 rings (SSSR count). The number of rotatable bonds is 5. The first-order valence-electron chi connectivity index (χ1n) is 11.1. The van der Waals surface area contributed by atoms with E-state index in [2.05, 4.69) is 64.7 Å². The largest absolute Gasteiger partial charge is 0.386 e. The average Bonchev–Trinajstić information content (AvgIpc) is 3.21. The van der Waals surface area contributed by atoms with Gasteiger partial charge in [0.15, 0.2) is 0 Å². The lowest BCUT2D eigenvalue weighted by atomic mass is 9.66. The van der Waals surface area contributed by atoms with Crippen molar-refractivity contribution in [2.45, 2.75) is 72.4 Å². The molecule has 7 nitrogen and oxygen atoms in total. The Hall–Kier alpha value is -1.41. The lowest BCUT2D eigenvalue weighted by molar-refractivity contribution is -0.122. The first-order valence-corrected chi connectivity index (χ1v) is 11.9. The molecule has 2 heterocycles. The molecular weight excluding hydrogens is 446 g/mol. The summed E-state index contributed by atoms with van der Waals surface area (Å²) in [5.41, 5.74) is 0.880. The van der Waals surface area contributed by atoms with Gasteiger partial charge in [0.05, 0.1) is 11.9 Å². The molecule has 2 fully saturated rings. The van der Waals surface area contributed by atoms with Crippen LogP contribution in [0.25, 0.3) is 0 Å². The topological polar surface area (TPSA) is 88.1 Å². The smallest absolute Gasteiger partial charge is 0.283 e. The number of nitrogens with one attached hydrogen (secondary N) is 3. The number of anilines is 1. The second-order valence-corrected chi connectivity index (χ2v) is 10.3. The van der Waals surface area contributed by atoms with Crippen molar-refractivity contribution in [3.8, 4) is 0 Å². The Morgan fingerprint density at radius 3 is 2.63 bits per heavy atom. The van der Waals surface area contributed by atoms with Crippen LogP contribution >= 0.6 is 15.9 Å². The fourth-order valence-electron chi connectivity index (χ4n) is 4.24. The van der Waals surface area contributed by atoms with Crippen molar-refractivity contribution in [2.75, 3.05) is 25.5 Å². The van der Waals surface area contributed by atoms with E-state index < -0.39 is 0 Å². The predicted octanol–water partition coefficient (Wildman–Crippen LogP) is 3.38. The number of carbonyl (C=O) groups is 1. The van der Waals surface area contributed by atoms with Gasteiger partial charge in [-0.05, 0) is 65.4 Å². The van der Waals surface area contributed by atoms with E-state index in [1.807, 2.05) is 0 Å². The maximum Gasteiger partial charge on any atom is 0.283 e. The monoisotopic (exact) mass is 483 g/mol. The van der Waals surface area contributed by atoms with Gasteiger partial charge in [-0.3, -0.25) is 9.59 Å². The van der Waals surface area contributed by atoms with E-state index in [0.717, 1.165) is 35.9 Å². The fourth-order valence-corrected chi connectivity index (χ4v) is 4.74. The first-order chi connectivity index (χ1) is 14.1. The minimum Gasteiger partial charge on any atom is -0.386 e. The zero-order valence-corrected chi connectivity index (χ0v) is 20.6. The third-order valence-electron chi connectivity index (χ3n) is 6.56. The Morgan fingerprint density at radius 2 is 2.07 bits per heavy atom. The van der Waals surface area contributed by atoms with E-state index in [4.69, 9.17) is 0 Å². The zero-order chi connectivity index (χ0) is 22.3. The third kappa shape index (κ3) is 7.08. The second kappa shape index (κ2) is 11.3. The summed E-state index contributed by atoms with van der Waals surface area (Å²) in [6.45, 7) is 11.1. The highest BCUT2D eigenvalue weighted by atomic mass is 79.9. The Labute approximate surface area is 188 Å². The molecule has 1 saturated heterocycles. The highest BCUT2D eigenvalue weighted by Gasteiger charge is 2.31. The molecule has 1 aromatic heterocycles. The quantitative estimate of drug-likeness (QED) is 0.597. The fraction of sp³-hybridized carbons (Fsp3) is 0.773. The average molecular weight is 484 g/mol. The summed E-state index contributed by atoms with van der Waals surface area (Å²) in [4.78, 5) is 23.8. The van der Waals surface area contributed by atoms with E-state index in [-0.39, 0.29) is 18.0 Å². The molecule has 30 heavy (non-hydrogen) atoms. The molecule has 170 valence electrons. The van der Waals surface area contributed by atoms with Crippen LogP contribution in [-0.2, 0) is 11.3 Å². The standard InChI is InChI=1S/C12H18BrN5O2.C10H20/c1-14-9-6-17-18(12(20)11(9)13)7-10(19)16-5-8-3-2-4-15-8;1-8-5-6-9(2)10(3,4)7-8/h6,8,14-15H,2-5,7H2,1H3,(H,16,19);8-9H,5-7H2,1-4H3/t;8?,9-/m.0/s1. The highest BCUT2D eigenvalue weighted by molar-refractivity contribution is 9.10. The van der Waals surface area contributed by atoms with Gasteiger partial charge in [-0.25, -0.2) is 4.68 Å². The van der Waals surface area contributed by atoms with Crippen molar-refractivity contribution in [1.82, 2.24) is 20.4 Å². The van der Waals surface area contributed by atoms with Gasteiger partial charge in [0, 0.05) is 19.6 Å². The van der Waals surface area contributed by atoms with Crippen molar-refractivity contribution in [1.29, 1.82) is 0 Å². The summed E-state index contributed by atoms with van der Waals surface area (Å²) in [6, 6.07) is 0.335. The van der Waals surface area contributed by atoms with Crippen LogP contribution in [0, 0.1) is 17.3 Å². The summed E-state index contributed by atoms with van der Waals surface area (Å²) >= 11 is 3.20. The Bertz CT molecular complexity index is 758. The molecule has 0 spiro atoms.